The Balaban J connectivity index is 1.68. The molecule has 0 saturated carbocycles. The minimum atomic E-state index is -0.0833. The van der Waals surface area contributed by atoms with Gasteiger partial charge < -0.3 is 14.7 Å². The van der Waals surface area contributed by atoms with Crippen molar-refractivity contribution in [1.29, 1.82) is 0 Å². The molecule has 0 aliphatic carbocycles. The van der Waals surface area contributed by atoms with Gasteiger partial charge in [-0.1, -0.05) is 17.3 Å². The van der Waals surface area contributed by atoms with Gasteiger partial charge >= 0.3 is 0 Å². The smallest absolute Gasteiger partial charge is 0.245 e. The second-order valence-electron chi connectivity index (χ2n) is 4.61. The predicted octanol–water partition coefficient (Wildman–Crippen LogP) is 2.53. The summed E-state index contributed by atoms with van der Waals surface area (Å²) in [4.78, 5) is 15.4. The molecule has 3 rings (SSSR count). The van der Waals surface area contributed by atoms with Crippen molar-refractivity contribution in [1.82, 2.24) is 5.16 Å². The van der Waals surface area contributed by atoms with Gasteiger partial charge in [-0.2, -0.15) is 0 Å². The van der Waals surface area contributed by atoms with E-state index in [1.165, 1.54) is 4.90 Å². The topological polar surface area (TPSA) is 58.4 Å². The summed E-state index contributed by atoms with van der Waals surface area (Å²) in [6.07, 6.45) is 0. The highest BCUT2D eigenvalue weighted by Crippen LogP contribution is 2.33. The maximum absolute atomic E-state index is 12.1. The number of carbonyl (C=O) groups excluding carboxylic acids is 1. The average Bonchev–Trinajstić information content (AvgIpc) is 2.84. The summed E-state index contributed by atoms with van der Waals surface area (Å²) in [7, 11) is 0. The van der Waals surface area contributed by atoms with E-state index in [-0.39, 0.29) is 5.91 Å². The summed E-state index contributed by atoms with van der Waals surface area (Å²) in [6.45, 7) is 2.98. The molecule has 5 nitrogen and oxygen atoms in total. The van der Waals surface area contributed by atoms with Crippen LogP contribution in [0.3, 0.4) is 0 Å². The lowest BCUT2D eigenvalue weighted by Gasteiger charge is -2.29. The second kappa shape index (κ2) is 5.58. The first-order valence-electron chi connectivity index (χ1n) is 6.42. The van der Waals surface area contributed by atoms with Gasteiger partial charge in [0.1, 0.15) is 5.76 Å². The molecule has 0 bridgehead atoms. The molecule has 2 aromatic rings. The number of hydrogen-bond acceptors (Lipinski definition) is 5. The van der Waals surface area contributed by atoms with Crippen LogP contribution in [0.1, 0.15) is 5.76 Å². The van der Waals surface area contributed by atoms with Crippen molar-refractivity contribution in [2.45, 2.75) is 11.8 Å². The first-order valence-corrected chi connectivity index (χ1v) is 7.41. The molecule has 1 aliphatic rings. The Morgan fingerprint density at radius 3 is 3.15 bits per heavy atom. The monoisotopic (exact) mass is 289 g/mol. The van der Waals surface area contributed by atoms with Crippen molar-refractivity contribution in [3.63, 3.8) is 0 Å². The Kier molecular flexibility index (Phi) is 3.64. The first-order chi connectivity index (χ1) is 9.72. The molecule has 0 spiro atoms. The molecular formula is C14H15N3O2S. The van der Waals surface area contributed by atoms with Crippen LogP contribution in [0.15, 0.2) is 39.8 Å². The van der Waals surface area contributed by atoms with E-state index in [0.717, 1.165) is 18.0 Å². The molecule has 0 unspecified atom stereocenters. The van der Waals surface area contributed by atoms with Gasteiger partial charge in [-0.3, -0.25) is 4.79 Å². The summed E-state index contributed by atoms with van der Waals surface area (Å²) in [5.41, 5.74) is 1.12. The average molecular weight is 289 g/mol. The highest BCUT2D eigenvalue weighted by molar-refractivity contribution is 7.99. The van der Waals surface area contributed by atoms with E-state index in [1.54, 1.807) is 13.0 Å². The van der Waals surface area contributed by atoms with Crippen molar-refractivity contribution in [3.05, 3.63) is 36.1 Å². The molecule has 1 aromatic carbocycles. The number of aryl methyl sites for hydroxylation is 1. The third-order valence-electron chi connectivity index (χ3n) is 3.05. The first kappa shape index (κ1) is 13.1. The molecule has 0 fully saturated rings. The van der Waals surface area contributed by atoms with Crippen LogP contribution in [0.5, 0.6) is 0 Å². The zero-order valence-corrected chi connectivity index (χ0v) is 11.9. The lowest BCUT2D eigenvalue weighted by Crippen LogP contribution is -2.36. The Morgan fingerprint density at radius 1 is 1.50 bits per heavy atom. The van der Waals surface area contributed by atoms with Gasteiger partial charge in [0.2, 0.25) is 5.91 Å². The Labute approximate surface area is 121 Å². The molecule has 0 atom stereocenters. The zero-order chi connectivity index (χ0) is 13.9. The third kappa shape index (κ3) is 2.80. The molecule has 1 N–H and O–H groups in total. The largest absolute Gasteiger partial charge is 0.360 e. The van der Waals surface area contributed by atoms with Gasteiger partial charge in [0, 0.05) is 23.3 Å². The molecule has 1 amide bonds. The van der Waals surface area contributed by atoms with Gasteiger partial charge in [0.05, 0.1) is 12.2 Å². The fourth-order valence-corrected chi connectivity index (χ4v) is 3.22. The predicted molar refractivity (Wildman–Crippen MR) is 79.2 cm³/mol. The number of nitrogens with zero attached hydrogens (tertiary/aromatic N) is 2. The van der Waals surface area contributed by atoms with Crippen molar-refractivity contribution in [2.75, 3.05) is 29.1 Å². The van der Waals surface area contributed by atoms with Crippen LogP contribution >= 0.6 is 11.8 Å². The minimum Gasteiger partial charge on any atom is -0.360 e. The number of para-hydroxylation sites is 1. The number of benzene rings is 1. The molecule has 0 radical (unpaired) electrons. The number of rotatable bonds is 3. The van der Waals surface area contributed by atoms with Gasteiger partial charge in [-0.15, -0.1) is 11.8 Å². The molecule has 2 heterocycles. The van der Waals surface area contributed by atoms with E-state index >= 15 is 0 Å². The van der Waals surface area contributed by atoms with Gasteiger partial charge in [-0.05, 0) is 19.1 Å². The number of aromatic nitrogens is 1. The van der Waals surface area contributed by atoms with Gasteiger partial charge in [0.25, 0.3) is 0 Å². The quantitative estimate of drug-likeness (QED) is 0.941. The molecular weight excluding hydrogens is 274 g/mol. The number of amides is 1. The molecule has 1 aromatic heterocycles. The summed E-state index contributed by atoms with van der Waals surface area (Å²) >= 11 is 1.83. The summed E-state index contributed by atoms with van der Waals surface area (Å²) in [5, 5.41) is 6.51. The maximum Gasteiger partial charge on any atom is 0.245 e. The third-order valence-corrected chi connectivity index (χ3v) is 4.10. The number of nitrogens with one attached hydrogen (secondary N) is 1. The van der Waals surface area contributed by atoms with Gasteiger partial charge in [-0.25, -0.2) is 0 Å². The Bertz CT molecular complexity index is 626. The number of hydrogen-bond donors (Lipinski definition) is 1. The van der Waals surface area contributed by atoms with Crippen LogP contribution in [-0.4, -0.2) is 29.9 Å². The van der Waals surface area contributed by atoms with E-state index in [4.69, 9.17) is 4.52 Å². The van der Waals surface area contributed by atoms with Crippen LogP contribution in [0.4, 0.5) is 11.5 Å². The van der Waals surface area contributed by atoms with Crippen molar-refractivity contribution in [3.8, 4) is 0 Å². The van der Waals surface area contributed by atoms with Crippen molar-refractivity contribution < 1.29 is 9.32 Å². The Morgan fingerprint density at radius 2 is 2.35 bits per heavy atom. The van der Waals surface area contributed by atoms with Crippen LogP contribution in [0.2, 0.25) is 0 Å². The van der Waals surface area contributed by atoms with Crippen LogP contribution in [-0.2, 0) is 4.79 Å². The molecule has 0 saturated heterocycles. The fourth-order valence-electron chi connectivity index (χ4n) is 2.17. The minimum absolute atomic E-state index is 0.0833. The SMILES string of the molecule is Cc1cc(NC(=O)CN2CCSc3ccccc32)no1. The molecule has 1 aliphatic heterocycles. The highest BCUT2D eigenvalue weighted by atomic mass is 32.2. The molecule has 20 heavy (non-hydrogen) atoms. The lowest BCUT2D eigenvalue weighted by molar-refractivity contribution is -0.115. The lowest BCUT2D eigenvalue weighted by atomic mass is 10.2. The number of thioether (sulfide) groups is 1. The molecule has 6 heteroatoms. The van der Waals surface area contributed by atoms with Crippen molar-refractivity contribution >= 4 is 29.2 Å². The van der Waals surface area contributed by atoms with Crippen LogP contribution in [0.25, 0.3) is 0 Å². The normalized spacial score (nSPS) is 13.9. The van der Waals surface area contributed by atoms with Crippen molar-refractivity contribution in [2.24, 2.45) is 0 Å². The maximum atomic E-state index is 12.1. The van der Waals surface area contributed by atoms with E-state index in [9.17, 15) is 4.79 Å². The van der Waals surface area contributed by atoms with Crippen LogP contribution < -0.4 is 10.2 Å². The van der Waals surface area contributed by atoms with E-state index in [1.807, 2.05) is 23.9 Å². The van der Waals surface area contributed by atoms with E-state index in [2.05, 4.69) is 27.5 Å². The summed E-state index contributed by atoms with van der Waals surface area (Å²) < 4.78 is 4.93. The standard InChI is InChI=1S/C14H15N3O2S/c1-10-8-13(16-19-10)15-14(18)9-17-6-7-20-12-5-3-2-4-11(12)17/h2-5,8H,6-7,9H2,1H3,(H,15,16,18). The summed E-state index contributed by atoms with van der Waals surface area (Å²) in [6, 6.07) is 9.86. The number of anilines is 2. The molecule has 104 valence electrons. The zero-order valence-electron chi connectivity index (χ0n) is 11.1. The van der Waals surface area contributed by atoms with Gasteiger partial charge in [0.15, 0.2) is 5.82 Å². The van der Waals surface area contributed by atoms with E-state index in [0.29, 0.717) is 18.1 Å². The highest BCUT2D eigenvalue weighted by Gasteiger charge is 2.19. The summed E-state index contributed by atoms with van der Waals surface area (Å²) in [5.74, 6) is 2.06. The fraction of sp³-hybridized carbons (Fsp3) is 0.286. The second-order valence-corrected chi connectivity index (χ2v) is 5.75. The number of fused-ring (bicyclic) bond motifs is 1. The van der Waals surface area contributed by atoms with Crippen LogP contribution in [0, 0.1) is 6.92 Å². The number of carbonyl (C=O) groups is 1. The van der Waals surface area contributed by atoms with E-state index < -0.39 is 0 Å². The Hall–Kier alpha value is -1.95.